The van der Waals surface area contributed by atoms with Crippen molar-refractivity contribution in [3.05, 3.63) is 0 Å². The Morgan fingerprint density at radius 2 is 1.58 bits per heavy atom. The minimum Gasteiger partial charge on any atom is -0.382 e. The number of methoxy groups -OCH3 is 1. The van der Waals surface area contributed by atoms with Crippen LogP contribution in [0, 0.1) is 0 Å². The van der Waals surface area contributed by atoms with E-state index in [2.05, 4.69) is 29.8 Å². The maximum atomic E-state index is 12.2. The van der Waals surface area contributed by atoms with Gasteiger partial charge < -0.3 is 30.9 Å². The fourth-order valence-electron chi connectivity index (χ4n) is 2.46. The number of ketones is 1. The normalized spacial score (nSPS) is 16.2. The van der Waals surface area contributed by atoms with E-state index in [1.807, 2.05) is 0 Å². The Morgan fingerprint density at radius 1 is 1.00 bits per heavy atom. The van der Waals surface area contributed by atoms with E-state index in [0.717, 1.165) is 25.9 Å². The second-order valence-electron chi connectivity index (χ2n) is 6.55. The van der Waals surface area contributed by atoms with E-state index < -0.39 is 29.5 Å². The number of rotatable bonds is 15. The number of hydrogen-bond acceptors (Lipinski definition) is 7. The van der Waals surface area contributed by atoms with Gasteiger partial charge in [0.1, 0.15) is 5.60 Å². The number of hydrogen-bond donors (Lipinski definition) is 5. The van der Waals surface area contributed by atoms with Crippen molar-refractivity contribution in [2.45, 2.75) is 70.8 Å². The Bertz CT molecular complexity index is 412. The molecular weight excluding hydrogens is 338 g/mol. The van der Waals surface area contributed by atoms with Crippen LogP contribution in [-0.2, 0) is 14.3 Å². The van der Waals surface area contributed by atoms with Crippen LogP contribution in [0.25, 0.3) is 0 Å². The van der Waals surface area contributed by atoms with Gasteiger partial charge in [-0.25, -0.2) is 0 Å². The monoisotopic (exact) mass is 375 g/mol. The van der Waals surface area contributed by atoms with Crippen LogP contribution in [0.2, 0.25) is 0 Å². The highest BCUT2D eigenvalue weighted by Crippen LogP contribution is 2.18. The molecule has 0 fully saturated rings. The van der Waals surface area contributed by atoms with Gasteiger partial charge in [0.25, 0.3) is 5.91 Å². The molecule has 1 amide bonds. The van der Waals surface area contributed by atoms with Crippen molar-refractivity contribution >= 4 is 11.7 Å². The quantitative estimate of drug-likeness (QED) is 0.247. The van der Waals surface area contributed by atoms with E-state index in [1.54, 1.807) is 6.92 Å². The van der Waals surface area contributed by atoms with E-state index in [1.165, 1.54) is 14.0 Å². The lowest BCUT2D eigenvalue weighted by atomic mass is 9.91. The number of carbonyl (C=O) groups excluding carboxylic acids is 2. The zero-order chi connectivity index (χ0) is 20.2. The summed E-state index contributed by atoms with van der Waals surface area (Å²) in [4.78, 5) is 24.1. The third-order valence-electron chi connectivity index (χ3n) is 4.80. The lowest BCUT2D eigenvalue weighted by Gasteiger charge is -2.28. The molecule has 0 aliphatic heterocycles. The molecule has 0 heterocycles. The number of nitrogens with one attached hydrogen (secondary N) is 3. The Labute approximate surface area is 157 Å². The molecule has 0 aromatic heterocycles. The van der Waals surface area contributed by atoms with Gasteiger partial charge in [0.2, 0.25) is 0 Å². The van der Waals surface area contributed by atoms with Crippen LogP contribution in [0.1, 0.15) is 47.0 Å². The highest BCUT2D eigenvalue weighted by molar-refractivity contribution is 5.96. The first-order valence-electron chi connectivity index (χ1n) is 9.44. The van der Waals surface area contributed by atoms with Crippen molar-refractivity contribution < 1.29 is 24.5 Å². The molecule has 5 N–H and O–H groups in total. The van der Waals surface area contributed by atoms with Crippen molar-refractivity contribution in [2.75, 3.05) is 33.3 Å². The number of Topliss-reactive ketones (excluding diaryl/α,β-unsaturated/α-hetero) is 1. The Balaban J connectivity index is 4.11. The van der Waals surface area contributed by atoms with Crippen LogP contribution in [0.5, 0.6) is 0 Å². The van der Waals surface area contributed by atoms with Gasteiger partial charge in [-0.05, 0) is 26.2 Å². The third-order valence-corrected chi connectivity index (χ3v) is 4.80. The summed E-state index contributed by atoms with van der Waals surface area (Å²) in [6.45, 7) is 9.94. The van der Waals surface area contributed by atoms with E-state index in [-0.39, 0.29) is 6.54 Å². The fraction of sp³-hybridized carbons (Fsp3) is 0.889. The second kappa shape index (κ2) is 13.2. The molecule has 8 nitrogen and oxygen atoms in total. The molecule has 3 atom stereocenters. The van der Waals surface area contributed by atoms with Crippen LogP contribution in [0.3, 0.4) is 0 Å². The molecular formula is C18H37N3O5. The van der Waals surface area contributed by atoms with Gasteiger partial charge in [-0.2, -0.15) is 0 Å². The van der Waals surface area contributed by atoms with Crippen LogP contribution < -0.4 is 16.0 Å². The molecule has 0 spiro atoms. The summed E-state index contributed by atoms with van der Waals surface area (Å²) in [6.07, 6.45) is -1.14. The van der Waals surface area contributed by atoms with E-state index in [4.69, 9.17) is 4.74 Å². The predicted octanol–water partition coefficient (Wildman–Crippen LogP) is -0.424. The van der Waals surface area contributed by atoms with Crippen LogP contribution in [0.4, 0.5) is 0 Å². The first-order valence-corrected chi connectivity index (χ1v) is 9.44. The summed E-state index contributed by atoms with van der Waals surface area (Å²) in [5.74, 6) is -1.49. The number of aliphatic hydroxyl groups excluding tert-OH is 2. The van der Waals surface area contributed by atoms with Gasteiger partial charge >= 0.3 is 0 Å². The van der Waals surface area contributed by atoms with Crippen LogP contribution in [0.15, 0.2) is 0 Å². The van der Waals surface area contributed by atoms with E-state index >= 15 is 0 Å². The summed E-state index contributed by atoms with van der Waals surface area (Å²) >= 11 is 0. The summed E-state index contributed by atoms with van der Waals surface area (Å²) in [6, 6.07) is 0.520. The van der Waals surface area contributed by atoms with Crippen molar-refractivity contribution in [1.82, 2.24) is 16.0 Å². The Morgan fingerprint density at radius 3 is 2.08 bits per heavy atom. The van der Waals surface area contributed by atoms with Crippen LogP contribution in [-0.4, -0.2) is 79.0 Å². The van der Waals surface area contributed by atoms with Gasteiger partial charge in [0.15, 0.2) is 18.0 Å². The van der Waals surface area contributed by atoms with Gasteiger partial charge in [-0.3, -0.25) is 9.59 Å². The average Bonchev–Trinajstić information content (AvgIpc) is 2.67. The number of carbonyl (C=O) groups is 2. The van der Waals surface area contributed by atoms with Gasteiger partial charge in [0, 0.05) is 39.3 Å². The first-order chi connectivity index (χ1) is 12.3. The molecule has 26 heavy (non-hydrogen) atoms. The first kappa shape index (κ1) is 24.9. The zero-order valence-corrected chi connectivity index (χ0v) is 16.8. The van der Waals surface area contributed by atoms with Gasteiger partial charge in [-0.15, -0.1) is 0 Å². The van der Waals surface area contributed by atoms with Crippen molar-refractivity contribution in [1.29, 1.82) is 0 Å². The molecule has 0 radical (unpaired) electrons. The maximum absolute atomic E-state index is 12.2. The highest BCUT2D eigenvalue weighted by Gasteiger charge is 2.41. The summed E-state index contributed by atoms with van der Waals surface area (Å²) in [5.41, 5.74) is -1.23. The maximum Gasteiger partial charge on any atom is 0.252 e. The molecule has 154 valence electrons. The standard InChI is InChI=1S/C18H37N3O5/c1-6-13(7-2)20-11-9-19-10-12-21-17(25)15(23)14(22)16(24)18(4,8-3)26-5/h13-15,19-20,22-23H,6-12H2,1-5H3,(H,21,25)/t14-,15-,18?/m1/s1. The SMILES string of the molecule is CCC(CC)NCCNCCNC(=O)[C@H](O)[C@@H](O)C(=O)C(C)(CC)OC. The topological polar surface area (TPSA) is 120 Å². The second-order valence-corrected chi connectivity index (χ2v) is 6.55. The molecule has 0 saturated heterocycles. The molecule has 0 bridgehead atoms. The molecule has 0 saturated carbocycles. The molecule has 0 aromatic carbocycles. The summed E-state index contributed by atoms with van der Waals surface area (Å²) in [5, 5.41) is 28.9. The molecule has 0 rings (SSSR count). The number of amides is 1. The van der Waals surface area contributed by atoms with Crippen LogP contribution >= 0.6 is 0 Å². The molecule has 0 aliphatic rings. The molecule has 1 unspecified atom stereocenters. The van der Waals surface area contributed by atoms with Crippen molar-refractivity contribution in [3.8, 4) is 0 Å². The highest BCUT2D eigenvalue weighted by atomic mass is 16.5. The summed E-state index contributed by atoms with van der Waals surface area (Å²) < 4.78 is 5.10. The third kappa shape index (κ3) is 8.09. The van der Waals surface area contributed by atoms with Gasteiger partial charge in [0.05, 0.1) is 0 Å². The summed E-state index contributed by atoms with van der Waals surface area (Å²) in [7, 11) is 1.35. The number of aliphatic hydroxyl groups is 2. The minimum atomic E-state index is -1.82. The lowest BCUT2D eigenvalue weighted by molar-refractivity contribution is -0.158. The van der Waals surface area contributed by atoms with Crippen molar-refractivity contribution in [2.24, 2.45) is 0 Å². The zero-order valence-electron chi connectivity index (χ0n) is 16.8. The average molecular weight is 376 g/mol. The smallest absolute Gasteiger partial charge is 0.252 e. The largest absolute Gasteiger partial charge is 0.382 e. The lowest BCUT2D eigenvalue weighted by Crippen LogP contribution is -2.53. The Hall–Kier alpha value is -1.06. The predicted molar refractivity (Wildman–Crippen MR) is 101 cm³/mol. The van der Waals surface area contributed by atoms with E-state index in [9.17, 15) is 19.8 Å². The Kier molecular flexibility index (Phi) is 12.6. The van der Waals surface area contributed by atoms with Gasteiger partial charge in [-0.1, -0.05) is 20.8 Å². The van der Waals surface area contributed by atoms with E-state index in [0.29, 0.717) is 19.0 Å². The number of ether oxygens (including phenoxy) is 1. The molecule has 8 heteroatoms. The minimum absolute atomic E-state index is 0.289. The van der Waals surface area contributed by atoms with Crippen molar-refractivity contribution in [3.63, 3.8) is 0 Å². The fourth-order valence-corrected chi connectivity index (χ4v) is 2.46. The molecule has 0 aliphatic carbocycles. The molecule has 0 aromatic rings.